The normalized spacial score (nSPS) is 12.8. The van der Waals surface area contributed by atoms with Gasteiger partial charge in [0, 0.05) is 11.1 Å². The summed E-state index contributed by atoms with van der Waals surface area (Å²) in [6.07, 6.45) is -0.234. The Balaban J connectivity index is 2.28. The number of hydrogen-bond acceptors (Lipinski definition) is 5. The number of rotatable bonds is 7. The second-order valence-electron chi connectivity index (χ2n) is 6.13. The summed E-state index contributed by atoms with van der Waals surface area (Å²) in [6, 6.07) is 11.7. The number of amides is 2. The van der Waals surface area contributed by atoms with Gasteiger partial charge < -0.3 is 15.2 Å². The van der Waals surface area contributed by atoms with E-state index in [1.54, 1.807) is 18.2 Å². The lowest BCUT2D eigenvalue weighted by molar-refractivity contribution is -0.133. The molecule has 0 saturated carbocycles. The Labute approximate surface area is 157 Å². The minimum Gasteiger partial charge on any atom is -0.496 e. The summed E-state index contributed by atoms with van der Waals surface area (Å²) < 4.78 is 5.42. The molecule has 0 aliphatic rings. The second-order valence-corrected chi connectivity index (χ2v) is 6.13. The molecule has 0 aliphatic carbocycles. The maximum Gasteiger partial charge on any atom is 0.268 e. The molecule has 0 spiro atoms. The van der Waals surface area contributed by atoms with E-state index in [-0.39, 0.29) is 5.56 Å². The number of carbonyl (C=O) groups is 2. The number of methoxy groups -OCH3 is 1. The van der Waals surface area contributed by atoms with Crippen molar-refractivity contribution in [3.63, 3.8) is 0 Å². The van der Waals surface area contributed by atoms with Crippen molar-refractivity contribution >= 4 is 11.8 Å². The Kier molecular flexibility index (Phi) is 6.92. The van der Waals surface area contributed by atoms with Crippen molar-refractivity contribution < 1.29 is 24.6 Å². The van der Waals surface area contributed by atoms with Gasteiger partial charge in [-0.3, -0.25) is 14.8 Å². The summed E-state index contributed by atoms with van der Waals surface area (Å²) >= 11 is 0. The number of hydrogen-bond donors (Lipinski definition) is 4. The molecule has 0 radical (unpaired) electrons. The first-order chi connectivity index (χ1) is 12.9. The summed E-state index contributed by atoms with van der Waals surface area (Å²) in [5.41, 5.74) is 4.70. The number of carbonyl (C=O) groups excluding carboxylic acids is 2. The Hall–Kier alpha value is -2.90. The lowest BCUT2D eigenvalue weighted by Crippen LogP contribution is -2.51. The van der Waals surface area contributed by atoms with Crippen molar-refractivity contribution in [3.8, 4) is 16.9 Å². The van der Waals surface area contributed by atoms with Crippen LogP contribution in [0.25, 0.3) is 11.1 Å². The van der Waals surface area contributed by atoms with Gasteiger partial charge >= 0.3 is 0 Å². The Morgan fingerprint density at radius 2 is 1.81 bits per heavy atom. The second kappa shape index (κ2) is 9.16. The fourth-order valence-corrected chi connectivity index (χ4v) is 2.69. The van der Waals surface area contributed by atoms with Gasteiger partial charge in [0.2, 0.25) is 0 Å². The highest BCUT2D eigenvalue weighted by atomic mass is 16.5. The van der Waals surface area contributed by atoms with Crippen LogP contribution in [0.1, 0.15) is 29.8 Å². The zero-order valence-electron chi connectivity index (χ0n) is 15.5. The topological polar surface area (TPSA) is 108 Å². The SMILES string of the molecule is CCc1ccc(-c2ccc(C(=O)N[C@H](C(=O)NO)[C@@H](C)O)cc2OC)cc1. The third-order valence-electron chi connectivity index (χ3n) is 4.30. The zero-order chi connectivity index (χ0) is 20.0. The van der Waals surface area contributed by atoms with Crippen molar-refractivity contribution in [2.75, 3.05) is 7.11 Å². The Bertz CT molecular complexity index is 803. The van der Waals surface area contributed by atoms with E-state index in [2.05, 4.69) is 12.2 Å². The smallest absolute Gasteiger partial charge is 0.268 e. The molecule has 2 aromatic carbocycles. The van der Waals surface area contributed by atoms with Crippen LogP contribution in [0, 0.1) is 0 Å². The van der Waals surface area contributed by atoms with Crippen LogP contribution in [0.2, 0.25) is 0 Å². The van der Waals surface area contributed by atoms with Crippen LogP contribution >= 0.6 is 0 Å². The third-order valence-corrected chi connectivity index (χ3v) is 4.30. The van der Waals surface area contributed by atoms with Crippen molar-refractivity contribution in [3.05, 3.63) is 53.6 Å². The molecular weight excluding hydrogens is 348 g/mol. The molecule has 0 saturated heterocycles. The van der Waals surface area contributed by atoms with Crippen LogP contribution in [0.5, 0.6) is 5.75 Å². The molecule has 0 fully saturated rings. The molecule has 0 aliphatic heterocycles. The molecule has 0 aromatic heterocycles. The van der Waals surface area contributed by atoms with E-state index >= 15 is 0 Å². The van der Waals surface area contributed by atoms with Crippen molar-refractivity contribution in [1.82, 2.24) is 10.8 Å². The predicted molar refractivity (Wildman–Crippen MR) is 101 cm³/mol. The highest BCUT2D eigenvalue weighted by molar-refractivity contribution is 5.98. The molecule has 2 amide bonds. The molecule has 27 heavy (non-hydrogen) atoms. The number of aliphatic hydroxyl groups excluding tert-OH is 1. The maximum atomic E-state index is 12.4. The minimum absolute atomic E-state index is 0.261. The maximum absolute atomic E-state index is 12.4. The van der Waals surface area contributed by atoms with Gasteiger partial charge in [-0.1, -0.05) is 31.2 Å². The molecule has 4 N–H and O–H groups in total. The highest BCUT2D eigenvalue weighted by Crippen LogP contribution is 2.31. The molecule has 0 bridgehead atoms. The van der Waals surface area contributed by atoms with Gasteiger partial charge in [0.1, 0.15) is 11.8 Å². The van der Waals surface area contributed by atoms with Gasteiger partial charge in [0.25, 0.3) is 11.8 Å². The summed E-state index contributed by atoms with van der Waals surface area (Å²) in [7, 11) is 1.51. The molecule has 7 nitrogen and oxygen atoms in total. The fraction of sp³-hybridized carbons (Fsp3) is 0.300. The standard InChI is InChI=1S/C20H24N2O5/c1-4-13-5-7-14(8-6-13)16-10-9-15(11-17(16)27-3)19(24)21-18(12(2)23)20(25)22-26/h5-12,18,23,26H,4H2,1-3H3,(H,21,24)(H,22,25)/t12-,18+/m1/s1. The largest absolute Gasteiger partial charge is 0.496 e. The average molecular weight is 372 g/mol. The number of nitrogens with one attached hydrogen (secondary N) is 2. The van der Waals surface area contributed by atoms with E-state index in [0.717, 1.165) is 17.5 Å². The molecule has 2 aromatic rings. The highest BCUT2D eigenvalue weighted by Gasteiger charge is 2.26. The van der Waals surface area contributed by atoms with E-state index in [0.29, 0.717) is 5.75 Å². The number of aryl methyl sites for hydroxylation is 1. The number of ether oxygens (including phenoxy) is 1. The number of benzene rings is 2. The first-order valence-corrected chi connectivity index (χ1v) is 8.61. The van der Waals surface area contributed by atoms with Crippen molar-refractivity contribution in [2.45, 2.75) is 32.4 Å². The van der Waals surface area contributed by atoms with Gasteiger partial charge in [-0.15, -0.1) is 0 Å². The minimum atomic E-state index is -1.28. The lowest BCUT2D eigenvalue weighted by Gasteiger charge is -2.19. The summed E-state index contributed by atoms with van der Waals surface area (Å²) in [5.74, 6) is -0.972. The molecule has 2 atom stereocenters. The quantitative estimate of drug-likeness (QED) is 0.439. The van der Waals surface area contributed by atoms with Crippen molar-refractivity contribution in [2.24, 2.45) is 0 Å². The Morgan fingerprint density at radius 3 is 2.33 bits per heavy atom. The first kappa shape index (κ1) is 20.4. The van der Waals surface area contributed by atoms with E-state index < -0.39 is 24.0 Å². The first-order valence-electron chi connectivity index (χ1n) is 8.61. The lowest BCUT2D eigenvalue weighted by atomic mass is 10.00. The predicted octanol–water partition coefficient (Wildman–Crippen LogP) is 1.91. The van der Waals surface area contributed by atoms with Gasteiger partial charge in [-0.05, 0) is 42.7 Å². The zero-order valence-corrected chi connectivity index (χ0v) is 15.5. The summed E-state index contributed by atoms with van der Waals surface area (Å²) in [5, 5.41) is 20.8. The van der Waals surface area contributed by atoms with Gasteiger partial charge in [-0.25, -0.2) is 5.48 Å². The monoisotopic (exact) mass is 372 g/mol. The van der Waals surface area contributed by atoms with Crippen LogP contribution < -0.4 is 15.5 Å². The molecule has 0 unspecified atom stereocenters. The molecular formula is C20H24N2O5. The van der Waals surface area contributed by atoms with E-state index in [1.165, 1.54) is 25.1 Å². The Morgan fingerprint density at radius 1 is 1.15 bits per heavy atom. The van der Waals surface area contributed by atoms with Crippen LogP contribution in [0.3, 0.4) is 0 Å². The van der Waals surface area contributed by atoms with Gasteiger partial charge in [-0.2, -0.15) is 0 Å². The van der Waals surface area contributed by atoms with E-state index in [1.807, 2.05) is 24.3 Å². The molecule has 0 heterocycles. The average Bonchev–Trinajstić information content (AvgIpc) is 2.70. The van der Waals surface area contributed by atoms with Crippen molar-refractivity contribution in [1.29, 1.82) is 0 Å². The summed E-state index contributed by atoms with van der Waals surface area (Å²) in [6.45, 7) is 3.42. The van der Waals surface area contributed by atoms with Crippen LogP contribution in [0.4, 0.5) is 0 Å². The number of aliphatic hydroxyl groups is 1. The number of hydroxylamine groups is 1. The molecule has 144 valence electrons. The van der Waals surface area contributed by atoms with Crippen LogP contribution in [-0.4, -0.2) is 41.4 Å². The third kappa shape index (κ3) is 4.84. The molecule has 2 rings (SSSR count). The fourth-order valence-electron chi connectivity index (χ4n) is 2.69. The van der Waals surface area contributed by atoms with Crippen LogP contribution in [-0.2, 0) is 11.2 Å². The van der Waals surface area contributed by atoms with Crippen LogP contribution in [0.15, 0.2) is 42.5 Å². The molecule has 7 heteroatoms. The van der Waals surface area contributed by atoms with Gasteiger partial charge in [0.05, 0.1) is 13.2 Å². The van der Waals surface area contributed by atoms with E-state index in [9.17, 15) is 14.7 Å². The van der Waals surface area contributed by atoms with E-state index in [4.69, 9.17) is 9.94 Å². The van der Waals surface area contributed by atoms with Gasteiger partial charge in [0.15, 0.2) is 0 Å². The summed E-state index contributed by atoms with van der Waals surface area (Å²) in [4.78, 5) is 24.0.